The third kappa shape index (κ3) is 4.28. The van der Waals surface area contributed by atoms with E-state index in [4.69, 9.17) is 4.74 Å². The van der Waals surface area contributed by atoms with E-state index in [-0.39, 0.29) is 18.5 Å². The summed E-state index contributed by atoms with van der Waals surface area (Å²) in [5.41, 5.74) is 0. The first-order valence-electron chi connectivity index (χ1n) is 6.28. The number of rotatable bonds is 4. The Hall–Kier alpha value is -0.0313. The summed E-state index contributed by atoms with van der Waals surface area (Å²) in [4.78, 5) is 18.4. The zero-order valence-corrected chi connectivity index (χ0v) is 14.2. The van der Waals surface area contributed by atoms with E-state index in [2.05, 4.69) is 20.9 Å². The molecule has 1 rings (SSSR count). The van der Waals surface area contributed by atoms with Crippen LogP contribution in [0.15, 0.2) is 9.67 Å². The van der Waals surface area contributed by atoms with Gasteiger partial charge in [0.1, 0.15) is 0 Å². The number of aliphatic hydroxyl groups is 1. The van der Waals surface area contributed by atoms with Crippen LogP contribution in [0.1, 0.15) is 19.3 Å². The van der Waals surface area contributed by atoms with Crippen molar-refractivity contribution in [1.82, 2.24) is 0 Å². The van der Waals surface area contributed by atoms with Crippen LogP contribution in [0.2, 0.25) is 14.8 Å². The molecule has 1 saturated carbocycles. The predicted octanol–water partition coefficient (Wildman–Crippen LogP) is 2.37. The normalized spacial score (nSPS) is 26.1. The Labute approximate surface area is 108 Å². The van der Waals surface area contributed by atoms with Crippen LogP contribution in [0.3, 0.4) is 0 Å². The van der Waals surface area contributed by atoms with Crippen LogP contribution >= 0.6 is 0 Å². The van der Waals surface area contributed by atoms with Gasteiger partial charge in [0, 0.05) is 0 Å². The van der Waals surface area contributed by atoms with Crippen molar-refractivity contribution in [3.63, 3.8) is 0 Å². The number of carbonyl (C=O) groups excluding carboxylic acids is 1. The average molecular weight is 347 g/mol. The fourth-order valence-corrected chi connectivity index (χ4v) is 5.83. The summed E-state index contributed by atoms with van der Waals surface area (Å²) in [6.07, 6.45) is 5.11. The molecular weight excluding hydrogens is 323 g/mol. The Bertz CT molecular complexity index is 304. The molecule has 98 valence electrons. The molecule has 0 saturated heterocycles. The monoisotopic (exact) mass is 348 g/mol. The van der Waals surface area contributed by atoms with Gasteiger partial charge in [-0.25, -0.2) is 0 Å². The summed E-state index contributed by atoms with van der Waals surface area (Å²) >= 11 is -2.14. The molecule has 0 unspecified atom stereocenters. The second kappa shape index (κ2) is 6.23. The van der Waals surface area contributed by atoms with Crippen molar-refractivity contribution in [1.29, 1.82) is 0 Å². The van der Waals surface area contributed by atoms with E-state index in [1.807, 2.05) is 0 Å². The number of aliphatic hydroxyl groups excluding tert-OH is 1. The second-order valence-electron chi connectivity index (χ2n) is 5.89. The van der Waals surface area contributed by atoms with Gasteiger partial charge in [0.15, 0.2) is 0 Å². The molecule has 0 amide bonds. The van der Waals surface area contributed by atoms with Crippen LogP contribution < -0.4 is 0 Å². The van der Waals surface area contributed by atoms with Crippen molar-refractivity contribution >= 4 is 24.3 Å². The minimum absolute atomic E-state index is 0.0661. The number of carbonyl (C=O) groups is 1. The Balaban J connectivity index is 2.65. The van der Waals surface area contributed by atoms with Crippen molar-refractivity contribution in [2.45, 2.75) is 34.1 Å². The topological polar surface area (TPSA) is 46.5 Å². The molecule has 0 aromatic heterocycles. The fraction of sp³-hybridized carbons (Fsp3) is 0.769. The van der Waals surface area contributed by atoms with Crippen molar-refractivity contribution in [3.8, 4) is 0 Å². The molecule has 17 heavy (non-hydrogen) atoms. The van der Waals surface area contributed by atoms with Crippen LogP contribution in [0, 0.1) is 11.8 Å². The third-order valence-electron chi connectivity index (χ3n) is 3.58. The molecule has 1 aliphatic rings. The molecule has 0 heterocycles. The first kappa shape index (κ1) is 15.0. The van der Waals surface area contributed by atoms with Crippen molar-refractivity contribution in [3.05, 3.63) is 9.67 Å². The van der Waals surface area contributed by atoms with E-state index in [0.717, 1.165) is 19.3 Å². The molecule has 3 nitrogen and oxygen atoms in total. The maximum atomic E-state index is 11.4. The zero-order chi connectivity index (χ0) is 13.1. The third-order valence-corrected chi connectivity index (χ3v) is 10.0. The van der Waals surface area contributed by atoms with Gasteiger partial charge in [-0.15, -0.1) is 0 Å². The van der Waals surface area contributed by atoms with Gasteiger partial charge in [-0.1, -0.05) is 0 Å². The van der Waals surface area contributed by atoms with Crippen molar-refractivity contribution in [2.24, 2.45) is 11.8 Å². The number of ether oxygens (including phenoxy) is 1. The Morgan fingerprint density at radius 1 is 1.41 bits per heavy atom. The van der Waals surface area contributed by atoms with E-state index in [9.17, 15) is 9.90 Å². The summed E-state index contributed by atoms with van der Waals surface area (Å²) in [6.45, 7) is 0.193. The second-order valence-corrected chi connectivity index (χ2v) is 20.6. The first-order chi connectivity index (χ1) is 7.88. The summed E-state index contributed by atoms with van der Waals surface area (Å²) in [7, 11) is 1.45. The van der Waals surface area contributed by atoms with Gasteiger partial charge in [-0.2, -0.15) is 0 Å². The van der Waals surface area contributed by atoms with Crippen LogP contribution in [0.25, 0.3) is 0 Å². The molecule has 1 N–H and O–H groups in total. The van der Waals surface area contributed by atoms with E-state index in [0.29, 0.717) is 5.92 Å². The van der Waals surface area contributed by atoms with Gasteiger partial charge in [0.05, 0.1) is 0 Å². The molecule has 1 aliphatic carbocycles. The van der Waals surface area contributed by atoms with Crippen LogP contribution in [0.5, 0.6) is 0 Å². The van der Waals surface area contributed by atoms with E-state index >= 15 is 0 Å². The maximum absolute atomic E-state index is 11.4. The predicted molar refractivity (Wildman–Crippen MR) is 71.4 cm³/mol. The van der Waals surface area contributed by atoms with Crippen molar-refractivity contribution < 1.29 is 14.6 Å². The Morgan fingerprint density at radius 3 is 2.53 bits per heavy atom. The number of hydrogen-bond donors (Lipinski definition) is 1. The Morgan fingerprint density at radius 2 is 2.06 bits per heavy atom. The summed E-state index contributed by atoms with van der Waals surface area (Å²) in [5, 5.41) is 9.44. The van der Waals surface area contributed by atoms with Crippen molar-refractivity contribution in [2.75, 3.05) is 13.7 Å². The summed E-state index contributed by atoms with van der Waals surface area (Å²) in [6, 6.07) is 0. The SMILES string of the molecule is COC(=O)[C@H]1CC[C@@H](/C=[C](\CO)[Sn]([CH3])([CH3])[CH3])C1. The van der Waals surface area contributed by atoms with Gasteiger partial charge in [-0.3, -0.25) is 0 Å². The summed E-state index contributed by atoms with van der Waals surface area (Å²) < 4.78 is 6.06. The quantitative estimate of drug-likeness (QED) is 0.628. The van der Waals surface area contributed by atoms with E-state index in [1.54, 1.807) is 0 Å². The molecule has 0 spiro atoms. The van der Waals surface area contributed by atoms with Crippen LogP contribution in [-0.2, 0) is 9.53 Å². The molecule has 2 atom stereocenters. The number of allylic oxidation sites excluding steroid dienone is 1. The van der Waals surface area contributed by atoms with E-state index in [1.165, 1.54) is 10.7 Å². The van der Waals surface area contributed by atoms with Gasteiger partial charge in [-0.05, 0) is 0 Å². The number of esters is 1. The summed E-state index contributed by atoms with van der Waals surface area (Å²) in [5.74, 6) is 0.444. The standard InChI is InChI=1S/C10H15O3.3CH3.Sn/c1-13-10(12)9-5-4-8(7-9)3-2-6-11;;;;/h3,8-9,11H,4-7H2,1H3;3*1H3;/t8-,9+;;;;/m1..../s1. The zero-order valence-electron chi connectivity index (χ0n) is 11.3. The molecule has 0 radical (unpaired) electrons. The fourth-order valence-electron chi connectivity index (χ4n) is 2.37. The Kier molecular flexibility index (Phi) is 5.51. The minimum atomic E-state index is -2.14. The number of methoxy groups -OCH3 is 1. The molecule has 0 aliphatic heterocycles. The molecule has 1 fully saturated rings. The van der Waals surface area contributed by atoms with E-state index < -0.39 is 18.4 Å². The van der Waals surface area contributed by atoms with Crippen LogP contribution in [0.4, 0.5) is 0 Å². The van der Waals surface area contributed by atoms with Crippen LogP contribution in [-0.4, -0.2) is 43.2 Å². The average Bonchev–Trinajstić information content (AvgIpc) is 2.71. The van der Waals surface area contributed by atoms with Gasteiger partial charge in [0.2, 0.25) is 0 Å². The van der Waals surface area contributed by atoms with Gasteiger partial charge >= 0.3 is 108 Å². The number of hydrogen-bond acceptors (Lipinski definition) is 3. The molecule has 0 aromatic rings. The molecule has 0 bridgehead atoms. The van der Waals surface area contributed by atoms with Gasteiger partial charge < -0.3 is 0 Å². The first-order valence-corrected chi connectivity index (χ1v) is 16.3. The molecular formula is C13H24O3Sn. The van der Waals surface area contributed by atoms with Gasteiger partial charge in [0.25, 0.3) is 0 Å². The molecule has 4 heteroatoms. The molecule has 0 aromatic carbocycles.